The Labute approximate surface area is 195 Å². The van der Waals surface area contributed by atoms with Gasteiger partial charge in [-0.15, -0.1) is 11.3 Å². The van der Waals surface area contributed by atoms with Gasteiger partial charge < -0.3 is 10.1 Å². The average molecular weight is 461 g/mol. The van der Waals surface area contributed by atoms with Crippen LogP contribution >= 0.6 is 11.3 Å². The second-order valence-corrected chi connectivity index (χ2v) is 8.53. The minimum absolute atomic E-state index is 0.0891. The summed E-state index contributed by atoms with van der Waals surface area (Å²) in [6, 6.07) is 20.7. The summed E-state index contributed by atoms with van der Waals surface area (Å²) >= 11 is 1.54. The van der Waals surface area contributed by atoms with Gasteiger partial charge in [0.15, 0.2) is 6.61 Å². The molecular formula is C25H24N4O3S. The highest BCUT2D eigenvalue weighted by Crippen LogP contribution is 2.33. The number of nitrogens with one attached hydrogen (secondary N) is 1. The molecule has 0 saturated heterocycles. The Morgan fingerprint density at radius 1 is 1.06 bits per heavy atom. The number of nitrogens with zero attached hydrogens (tertiary/aromatic N) is 3. The number of aryl methyl sites for hydroxylation is 2. The van der Waals surface area contributed by atoms with Crippen molar-refractivity contribution in [2.45, 2.75) is 20.4 Å². The maximum absolute atomic E-state index is 12.3. The van der Waals surface area contributed by atoms with E-state index >= 15 is 0 Å². The van der Waals surface area contributed by atoms with Crippen molar-refractivity contribution in [3.63, 3.8) is 0 Å². The van der Waals surface area contributed by atoms with Crippen LogP contribution in [0, 0.1) is 13.8 Å². The van der Waals surface area contributed by atoms with E-state index in [1.54, 1.807) is 12.1 Å². The van der Waals surface area contributed by atoms with E-state index in [4.69, 9.17) is 4.74 Å². The van der Waals surface area contributed by atoms with Gasteiger partial charge in [-0.25, -0.2) is 9.67 Å². The molecule has 0 fully saturated rings. The molecule has 0 atom stereocenters. The minimum atomic E-state index is -0.258. The van der Waals surface area contributed by atoms with Gasteiger partial charge >= 0.3 is 0 Å². The summed E-state index contributed by atoms with van der Waals surface area (Å²) in [5, 5.41) is 8.17. The first-order valence-corrected chi connectivity index (χ1v) is 11.4. The standard InChI is InChI=1S/C25H24N4O3S/c1-17-7-6-10-20(15-17)32-16-22(30)26-13-14-29-23(31)12-11-21(28-29)24-18(2)27-25(33-24)19-8-4-3-5-9-19/h3-12,15H,13-14,16H2,1-2H3,(H,26,30). The van der Waals surface area contributed by atoms with Crippen molar-refractivity contribution < 1.29 is 9.53 Å². The molecular weight excluding hydrogens is 436 g/mol. The number of aromatic nitrogens is 3. The van der Waals surface area contributed by atoms with Crippen molar-refractivity contribution in [3.05, 3.63) is 88.3 Å². The van der Waals surface area contributed by atoms with E-state index in [1.165, 1.54) is 22.1 Å². The van der Waals surface area contributed by atoms with E-state index in [-0.39, 0.29) is 31.2 Å². The molecule has 0 spiro atoms. The average Bonchev–Trinajstić information content (AvgIpc) is 3.21. The van der Waals surface area contributed by atoms with Crippen molar-refractivity contribution >= 4 is 17.2 Å². The lowest BCUT2D eigenvalue weighted by atomic mass is 10.2. The number of rotatable bonds is 8. The van der Waals surface area contributed by atoms with Crippen LogP contribution in [0.1, 0.15) is 11.3 Å². The van der Waals surface area contributed by atoms with E-state index in [2.05, 4.69) is 15.4 Å². The molecule has 0 aliphatic carbocycles. The highest BCUT2D eigenvalue weighted by Gasteiger charge is 2.14. The van der Waals surface area contributed by atoms with Crippen LogP contribution in [0.3, 0.4) is 0 Å². The molecule has 8 heteroatoms. The minimum Gasteiger partial charge on any atom is -0.484 e. The maximum Gasteiger partial charge on any atom is 0.266 e. The number of hydrogen-bond donors (Lipinski definition) is 1. The van der Waals surface area contributed by atoms with Crippen LogP contribution in [0.4, 0.5) is 0 Å². The van der Waals surface area contributed by atoms with E-state index in [1.807, 2.05) is 62.4 Å². The number of benzene rings is 2. The number of hydrogen-bond acceptors (Lipinski definition) is 6. The van der Waals surface area contributed by atoms with E-state index in [0.717, 1.165) is 26.7 Å². The number of thiazole rings is 1. The van der Waals surface area contributed by atoms with Gasteiger partial charge in [-0.3, -0.25) is 9.59 Å². The Bertz CT molecular complexity index is 1310. The molecule has 2 aromatic carbocycles. The third-order valence-electron chi connectivity index (χ3n) is 4.92. The van der Waals surface area contributed by atoms with Crippen LogP contribution in [0.25, 0.3) is 21.1 Å². The molecule has 0 aliphatic heterocycles. The Kier molecular flexibility index (Phi) is 6.95. The SMILES string of the molecule is Cc1cccc(OCC(=O)NCCn2nc(-c3sc(-c4ccccc4)nc3C)ccc2=O)c1. The first kappa shape index (κ1) is 22.4. The van der Waals surface area contributed by atoms with Gasteiger partial charge in [0.1, 0.15) is 16.5 Å². The van der Waals surface area contributed by atoms with Gasteiger partial charge in [-0.1, -0.05) is 42.5 Å². The molecule has 0 unspecified atom stereocenters. The third kappa shape index (κ3) is 5.72. The molecule has 2 aromatic heterocycles. The summed E-state index contributed by atoms with van der Waals surface area (Å²) < 4.78 is 6.86. The normalized spacial score (nSPS) is 10.7. The van der Waals surface area contributed by atoms with Gasteiger partial charge in [0.25, 0.3) is 11.5 Å². The van der Waals surface area contributed by atoms with E-state index in [0.29, 0.717) is 11.4 Å². The maximum atomic E-state index is 12.3. The quantitative estimate of drug-likeness (QED) is 0.432. The molecule has 7 nitrogen and oxygen atoms in total. The predicted octanol–water partition coefficient (Wildman–Crippen LogP) is 3.85. The molecule has 1 amide bonds. The number of ether oxygens (including phenoxy) is 1. The fourth-order valence-corrected chi connectivity index (χ4v) is 4.31. The Morgan fingerprint density at radius 3 is 2.67 bits per heavy atom. The third-order valence-corrected chi connectivity index (χ3v) is 6.15. The topological polar surface area (TPSA) is 86.1 Å². The van der Waals surface area contributed by atoms with Gasteiger partial charge in [0.2, 0.25) is 0 Å². The van der Waals surface area contributed by atoms with Crippen LogP contribution in [0.5, 0.6) is 5.75 Å². The van der Waals surface area contributed by atoms with Gasteiger partial charge in [0.05, 0.1) is 17.1 Å². The predicted molar refractivity (Wildman–Crippen MR) is 129 cm³/mol. The van der Waals surface area contributed by atoms with E-state index < -0.39 is 0 Å². The zero-order valence-electron chi connectivity index (χ0n) is 18.4. The summed E-state index contributed by atoms with van der Waals surface area (Å²) in [5.41, 5.74) is 3.42. The smallest absolute Gasteiger partial charge is 0.266 e. The van der Waals surface area contributed by atoms with Gasteiger partial charge in [-0.05, 0) is 37.6 Å². The monoisotopic (exact) mass is 460 g/mol. The molecule has 0 bridgehead atoms. The number of carbonyl (C=O) groups excluding carboxylic acids is 1. The Morgan fingerprint density at radius 2 is 1.88 bits per heavy atom. The lowest BCUT2D eigenvalue weighted by Gasteiger charge is -2.09. The lowest BCUT2D eigenvalue weighted by Crippen LogP contribution is -2.34. The molecule has 4 rings (SSSR count). The van der Waals surface area contributed by atoms with Crippen molar-refractivity contribution in [1.82, 2.24) is 20.1 Å². The first-order valence-electron chi connectivity index (χ1n) is 10.6. The van der Waals surface area contributed by atoms with Crippen LogP contribution in [0.2, 0.25) is 0 Å². The van der Waals surface area contributed by atoms with Crippen molar-refractivity contribution in [3.8, 4) is 26.9 Å². The van der Waals surface area contributed by atoms with Crippen LogP contribution < -0.4 is 15.6 Å². The molecule has 33 heavy (non-hydrogen) atoms. The summed E-state index contributed by atoms with van der Waals surface area (Å²) in [7, 11) is 0. The zero-order chi connectivity index (χ0) is 23.2. The van der Waals surface area contributed by atoms with Crippen molar-refractivity contribution in [2.75, 3.05) is 13.2 Å². The molecule has 0 aliphatic rings. The molecule has 0 saturated carbocycles. The Hall–Kier alpha value is -3.78. The van der Waals surface area contributed by atoms with Crippen molar-refractivity contribution in [1.29, 1.82) is 0 Å². The molecule has 2 heterocycles. The second kappa shape index (κ2) is 10.2. The van der Waals surface area contributed by atoms with Gasteiger partial charge in [-0.2, -0.15) is 5.10 Å². The highest BCUT2D eigenvalue weighted by molar-refractivity contribution is 7.18. The summed E-state index contributed by atoms with van der Waals surface area (Å²) in [4.78, 5) is 30.0. The van der Waals surface area contributed by atoms with Gasteiger partial charge in [0, 0.05) is 18.2 Å². The molecule has 168 valence electrons. The first-order chi connectivity index (χ1) is 16.0. The van der Waals surface area contributed by atoms with Crippen LogP contribution in [0.15, 0.2) is 71.5 Å². The summed E-state index contributed by atoms with van der Waals surface area (Å²) in [5.74, 6) is 0.386. The van der Waals surface area contributed by atoms with Crippen molar-refractivity contribution in [2.24, 2.45) is 0 Å². The molecule has 0 radical (unpaired) electrons. The summed E-state index contributed by atoms with van der Waals surface area (Å²) in [6.07, 6.45) is 0. The van der Waals surface area contributed by atoms with E-state index in [9.17, 15) is 9.59 Å². The fraction of sp³-hybridized carbons (Fsp3) is 0.200. The fourth-order valence-electron chi connectivity index (χ4n) is 3.27. The van der Waals surface area contributed by atoms with Crippen LogP contribution in [-0.4, -0.2) is 33.8 Å². The largest absolute Gasteiger partial charge is 0.484 e. The Balaban J connectivity index is 1.38. The second-order valence-electron chi connectivity index (χ2n) is 7.53. The highest BCUT2D eigenvalue weighted by atomic mass is 32.1. The molecule has 4 aromatic rings. The van der Waals surface area contributed by atoms with Crippen LogP contribution in [-0.2, 0) is 11.3 Å². The summed E-state index contributed by atoms with van der Waals surface area (Å²) in [6.45, 7) is 4.33. The number of amides is 1. The lowest BCUT2D eigenvalue weighted by molar-refractivity contribution is -0.123. The molecule has 1 N–H and O–H groups in total. The zero-order valence-corrected chi connectivity index (χ0v) is 19.3. The number of carbonyl (C=O) groups is 1.